The molecule has 8 heteroatoms. The molecule has 0 bridgehead atoms. The molecule has 2 N–H and O–H groups in total. The van der Waals surface area contributed by atoms with E-state index in [0.29, 0.717) is 18.0 Å². The Bertz CT molecular complexity index is 980. The number of carbonyl (C=O) groups is 3. The highest BCUT2D eigenvalue weighted by atomic mass is 32.1. The van der Waals surface area contributed by atoms with E-state index >= 15 is 0 Å². The van der Waals surface area contributed by atoms with Crippen LogP contribution in [0.2, 0.25) is 0 Å². The molecule has 1 saturated carbocycles. The second kappa shape index (κ2) is 12.3. The van der Waals surface area contributed by atoms with Gasteiger partial charge in [-0.05, 0) is 49.6 Å². The van der Waals surface area contributed by atoms with Gasteiger partial charge in [-0.15, -0.1) is 11.3 Å². The lowest BCUT2D eigenvalue weighted by atomic mass is 9.94. The monoisotopic (exact) mass is 497 g/mol. The van der Waals surface area contributed by atoms with Gasteiger partial charge in [0.2, 0.25) is 11.8 Å². The molecule has 2 heterocycles. The Morgan fingerprint density at radius 1 is 1.06 bits per heavy atom. The summed E-state index contributed by atoms with van der Waals surface area (Å²) in [4.78, 5) is 41.9. The minimum Gasteiger partial charge on any atom is -0.376 e. The van der Waals surface area contributed by atoms with Crippen LogP contribution >= 0.6 is 11.3 Å². The van der Waals surface area contributed by atoms with E-state index in [4.69, 9.17) is 4.74 Å². The minimum absolute atomic E-state index is 0.123. The maximum absolute atomic E-state index is 13.7. The third kappa shape index (κ3) is 6.92. The van der Waals surface area contributed by atoms with E-state index in [2.05, 4.69) is 10.6 Å². The van der Waals surface area contributed by atoms with Crippen molar-refractivity contribution in [2.75, 3.05) is 19.7 Å². The molecule has 35 heavy (non-hydrogen) atoms. The fourth-order valence-electron chi connectivity index (χ4n) is 4.86. The summed E-state index contributed by atoms with van der Waals surface area (Å²) < 4.78 is 5.84. The summed E-state index contributed by atoms with van der Waals surface area (Å²) >= 11 is 1.32. The van der Waals surface area contributed by atoms with Crippen molar-refractivity contribution in [1.82, 2.24) is 15.5 Å². The average molecular weight is 498 g/mol. The maximum Gasteiger partial charge on any atom is 0.261 e. The average Bonchev–Trinajstić information content (AvgIpc) is 3.58. The molecule has 1 aromatic heterocycles. The number of rotatable bonds is 9. The Kier molecular flexibility index (Phi) is 8.93. The van der Waals surface area contributed by atoms with E-state index < -0.39 is 6.04 Å². The maximum atomic E-state index is 13.7. The third-order valence-corrected chi connectivity index (χ3v) is 7.66. The number of nitrogens with zero attached hydrogens (tertiary/aromatic N) is 1. The predicted octanol–water partition coefficient (Wildman–Crippen LogP) is 3.98. The van der Waals surface area contributed by atoms with Crippen LogP contribution in [0.4, 0.5) is 0 Å². The topological polar surface area (TPSA) is 87.7 Å². The Labute approximate surface area is 211 Å². The van der Waals surface area contributed by atoms with Gasteiger partial charge in [-0.25, -0.2) is 0 Å². The van der Waals surface area contributed by atoms with Crippen LogP contribution < -0.4 is 10.6 Å². The van der Waals surface area contributed by atoms with Crippen LogP contribution in [0.3, 0.4) is 0 Å². The quantitative estimate of drug-likeness (QED) is 0.549. The van der Waals surface area contributed by atoms with Gasteiger partial charge in [0, 0.05) is 19.2 Å². The van der Waals surface area contributed by atoms with E-state index in [1.807, 2.05) is 36.6 Å². The van der Waals surface area contributed by atoms with Gasteiger partial charge in [0.15, 0.2) is 0 Å². The predicted molar refractivity (Wildman–Crippen MR) is 136 cm³/mol. The van der Waals surface area contributed by atoms with E-state index in [1.54, 1.807) is 17.0 Å². The van der Waals surface area contributed by atoms with Gasteiger partial charge in [0.05, 0.1) is 17.5 Å². The molecular weight excluding hydrogens is 462 g/mol. The lowest BCUT2D eigenvalue weighted by molar-refractivity contribution is -0.142. The molecule has 1 aliphatic carbocycles. The summed E-state index contributed by atoms with van der Waals surface area (Å²) in [6.07, 6.45) is 6.98. The van der Waals surface area contributed by atoms with Gasteiger partial charge in [0.25, 0.3) is 5.91 Å². The van der Waals surface area contributed by atoms with Crippen molar-refractivity contribution in [1.29, 1.82) is 0 Å². The summed E-state index contributed by atoms with van der Waals surface area (Å²) in [6.45, 7) is 2.79. The molecule has 3 amide bonds. The number of thiophene rings is 1. The van der Waals surface area contributed by atoms with Crippen molar-refractivity contribution in [2.24, 2.45) is 0 Å². The zero-order valence-electron chi connectivity index (χ0n) is 20.3. The zero-order chi connectivity index (χ0) is 24.6. The molecular formula is C27H35N3O4S. The van der Waals surface area contributed by atoms with Crippen molar-refractivity contribution < 1.29 is 19.1 Å². The van der Waals surface area contributed by atoms with Gasteiger partial charge in [-0.1, -0.05) is 55.2 Å². The fraction of sp³-hybridized carbons (Fsp3) is 0.519. The van der Waals surface area contributed by atoms with Crippen LogP contribution in [0.25, 0.3) is 0 Å². The SMILES string of the molecule is Cc1ccc([C@H](C(=O)NC2CCCCC2)N(C[C@@H]2CCCO2)C(=O)CNC(=O)c2cccs2)cc1. The molecule has 1 aliphatic heterocycles. The standard InChI is InChI=1S/C27H35N3O4S/c1-19-11-13-20(14-12-19)25(27(33)29-21-7-3-2-4-8-21)30(18-22-9-5-15-34-22)24(31)17-28-26(32)23-10-6-16-35-23/h6,10-14,16,21-22,25H,2-5,7-9,15,17-18H2,1H3,(H,28,32)(H,29,33)/t22-,25+/m0/s1. The van der Waals surface area contributed by atoms with Gasteiger partial charge >= 0.3 is 0 Å². The van der Waals surface area contributed by atoms with Crippen molar-refractivity contribution >= 4 is 29.1 Å². The molecule has 1 saturated heterocycles. The molecule has 4 rings (SSSR count). The smallest absolute Gasteiger partial charge is 0.261 e. The highest BCUT2D eigenvalue weighted by Crippen LogP contribution is 2.26. The van der Waals surface area contributed by atoms with E-state index in [0.717, 1.165) is 49.7 Å². The number of amides is 3. The lowest BCUT2D eigenvalue weighted by Gasteiger charge is -2.34. The molecule has 2 aliphatic rings. The lowest BCUT2D eigenvalue weighted by Crippen LogP contribution is -2.51. The van der Waals surface area contributed by atoms with Crippen LogP contribution in [0.5, 0.6) is 0 Å². The normalized spacial score (nSPS) is 19.2. The summed E-state index contributed by atoms with van der Waals surface area (Å²) in [6, 6.07) is 10.6. The fourth-order valence-corrected chi connectivity index (χ4v) is 5.50. The second-order valence-electron chi connectivity index (χ2n) is 9.50. The van der Waals surface area contributed by atoms with Crippen molar-refractivity contribution in [3.05, 3.63) is 57.8 Å². The number of carbonyl (C=O) groups excluding carboxylic acids is 3. The highest BCUT2D eigenvalue weighted by Gasteiger charge is 2.35. The Morgan fingerprint density at radius 3 is 2.49 bits per heavy atom. The first-order chi connectivity index (χ1) is 17.0. The summed E-state index contributed by atoms with van der Waals surface area (Å²) in [5.74, 6) is -0.754. The highest BCUT2D eigenvalue weighted by molar-refractivity contribution is 7.12. The number of benzene rings is 1. The zero-order valence-corrected chi connectivity index (χ0v) is 21.1. The number of nitrogens with one attached hydrogen (secondary N) is 2. The number of hydrogen-bond acceptors (Lipinski definition) is 5. The summed E-state index contributed by atoms with van der Waals surface area (Å²) in [7, 11) is 0. The van der Waals surface area contributed by atoms with Crippen LogP contribution in [0.15, 0.2) is 41.8 Å². The molecule has 1 aromatic carbocycles. The van der Waals surface area contributed by atoms with Crippen molar-refractivity contribution in [2.45, 2.75) is 70.1 Å². The van der Waals surface area contributed by atoms with Crippen LogP contribution in [0, 0.1) is 6.92 Å². The first-order valence-corrected chi connectivity index (χ1v) is 13.5. The molecule has 188 valence electrons. The van der Waals surface area contributed by atoms with Gasteiger partial charge in [-0.3, -0.25) is 14.4 Å². The summed E-state index contributed by atoms with van der Waals surface area (Å²) in [5, 5.41) is 7.78. The second-order valence-corrected chi connectivity index (χ2v) is 10.4. The molecule has 2 atom stereocenters. The molecule has 0 unspecified atom stereocenters. The minimum atomic E-state index is -0.784. The Hall–Kier alpha value is -2.71. The molecule has 2 aromatic rings. The van der Waals surface area contributed by atoms with Crippen molar-refractivity contribution in [3.63, 3.8) is 0 Å². The Morgan fingerprint density at radius 2 is 1.83 bits per heavy atom. The van der Waals surface area contributed by atoms with Gasteiger partial charge in [0.1, 0.15) is 6.04 Å². The third-order valence-electron chi connectivity index (χ3n) is 6.79. The molecule has 0 spiro atoms. The van der Waals surface area contributed by atoms with E-state index in [-0.39, 0.29) is 36.4 Å². The van der Waals surface area contributed by atoms with Gasteiger partial charge in [-0.2, -0.15) is 0 Å². The van der Waals surface area contributed by atoms with Crippen LogP contribution in [-0.2, 0) is 14.3 Å². The van der Waals surface area contributed by atoms with E-state index in [1.165, 1.54) is 17.8 Å². The van der Waals surface area contributed by atoms with Crippen LogP contribution in [0.1, 0.15) is 71.8 Å². The molecule has 0 radical (unpaired) electrons. The molecule has 7 nitrogen and oxygen atoms in total. The number of ether oxygens (including phenoxy) is 1. The first-order valence-electron chi connectivity index (χ1n) is 12.6. The Balaban J connectivity index is 1.57. The van der Waals surface area contributed by atoms with Gasteiger partial charge < -0.3 is 20.3 Å². The van der Waals surface area contributed by atoms with Crippen molar-refractivity contribution in [3.8, 4) is 0 Å². The summed E-state index contributed by atoms with van der Waals surface area (Å²) in [5.41, 5.74) is 1.85. The van der Waals surface area contributed by atoms with E-state index in [9.17, 15) is 14.4 Å². The molecule has 2 fully saturated rings. The number of hydrogen-bond donors (Lipinski definition) is 2. The first kappa shape index (κ1) is 25.4. The largest absolute Gasteiger partial charge is 0.376 e. The van der Waals surface area contributed by atoms with Crippen LogP contribution in [-0.4, -0.2) is 54.5 Å². The number of aryl methyl sites for hydroxylation is 1.